The molecule has 1 heterocycles. The van der Waals surface area contributed by atoms with Crippen LogP contribution in [0.25, 0.3) is 0 Å². The zero-order valence-corrected chi connectivity index (χ0v) is 12.8. The Morgan fingerprint density at radius 2 is 1.61 bits per heavy atom. The first-order chi connectivity index (χ1) is 11.2. The van der Waals surface area contributed by atoms with Crippen molar-refractivity contribution >= 4 is 11.7 Å². The SMILES string of the molecule is O=C(O)CCCC1=NOC(c2ccccc2)(c2ccccc2)C1. The Kier molecular flexibility index (Phi) is 4.42. The summed E-state index contributed by atoms with van der Waals surface area (Å²) in [6.45, 7) is 0. The van der Waals surface area contributed by atoms with Crippen LogP contribution >= 0.6 is 0 Å². The summed E-state index contributed by atoms with van der Waals surface area (Å²) in [5, 5.41) is 13.0. The standard InChI is InChI=1S/C19H19NO3/c21-18(22)13-7-12-17-14-19(23-20-17,15-8-3-1-4-9-15)16-10-5-2-6-11-16/h1-6,8-11H,7,12-14H2,(H,21,22). The Morgan fingerprint density at radius 3 is 2.13 bits per heavy atom. The Bertz CT molecular complexity index is 656. The summed E-state index contributed by atoms with van der Waals surface area (Å²) < 4.78 is 0. The number of carboxylic acids is 1. The van der Waals surface area contributed by atoms with Crippen LogP contribution in [0.15, 0.2) is 65.8 Å². The number of carboxylic acid groups (broad SMARTS) is 1. The lowest BCUT2D eigenvalue weighted by Crippen LogP contribution is -2.27. The van der Waals surface area contributed by atoms with Gasteiger partial charge in [-0.2, -0.15) is 0 Å². The summed E-state index contributed by atoms with van der Waals surface area (Å²) in [5.74, 6) is -0.776. The van der Waals surface area contributed by atoms with Gasteiger partial charge < -0.3 is 9.94 Å². The van der Waals surface area contributed by atoms with Crippen molar-refractivity contribution in [2.24, 2.45) is 5.16 Å². The minimum Gasteiger partial charge on any atom is -0.481 e. The van der Waals surface area contributed by atoms with Gasteiger partial charge in [-0.05, 0) is 12.8 Å². The van der Waals surface area contributed by atoms with E-state index in [9.17, 15) is 4.79 Å². The second kappa shape index (κ2) is 6.65. The highest BCUT2D eigenvalue weighted by atomic mass is 16.7. The maximum Gasteiger partial charge on any atom is 0.303 e. The van der Waals surface area contributed by atoms with Crippen LogP contribution < -0.4 is 0 Å². The van der Waals surface area contributed by atoms with Crippen LogP contribution in [0.1, 0.15) is 36.8 Å². The molecule has 0 aromatic heterocycles. The van der Waals surface area contributed by atoms with Gasteiger partial charge in [-0.1, -0.05) is 65.8 Å². The molecule has 0 amide bonds. The molecular formula is C19H19NO3. The molecule has 0 atom stereocenters. The first kappa shape index (κ1) is 15.3. The molecule has 0 aliphatic carbocycles. The molecule has 0 saturated heterocycles. The van der Waals surface area contributed by atoms with Crippen LogP contribution in [0.3, 0.4) is 0 Å². The summed E-state index contributed by atoms with van der Waals surface area (Å²) in [7, 11) is 0. The highest BCUT2D eigenvalue weighted by Crippen LogP contribution is 2.41. The maximum absolute atomic E-state index is 10.7. The predicted octanol–water partition coefficient (Wildman–Crippen LogP) is 3.96. The maximum atomic E-state index is 10.7. The number of nitrogens with zero attached hydrogens (tertiary/aromatic N) is 1. The van der Waals surface area contributed by atoms with E-state index in [2.05, 4.69) is 5.16 Å². The molecule has 3 rings (SSSR count). The van der Waals surface area contributed by atoms with Crippen molar-refractivity contribution in [2.45, 2.75) is 31.3 Å². The zero-order chi connectivity index (χ0) is 16.1. The first-order valence-corrected chi connectivity index (χ1v) is 7.77. The molecule has 118 valence electrons. The number of hydrogen-bond acceptors (Lipinski definition) is 3. The van der Waals surface area contributed by atoms with Crippen molar-refractivity contribution in [3.63, 3.8) is 0 Å². The highest BCUT2D eigenvalue weighted by molar-refractivity contribution is 5.87. The molecule has 1 aliphatic heterocycles. The average Bonchev–Trinajstić information content (AvgIpc) is 3.02. The summed E-state index contributed by atoms with van der Waals surface area (Å²) in [4.78, 5) is 16.6. The lowest BCUT2D eigenvalue weighted by molar-refractivity contribution is -0.137. The van der Waals surface area contributed by atoms with Gasteiger partial charge >= 0.3 is 5.97 Å². The first-order valence-electron chi connectivity index (χ1n) is 7.77. The third-order valence-electron chi connectivity index (χ3n) is 4.12. The molecule has 4 nitrogen and oxygen atoms in total. The van der Waals surface area contributed by atoms with E-state index in [0.29, 0.717) is 19.3 Å². The fraction of sp³-hybridized carbons (Fsp3) is 0.263. The van der Waals surface area contributed by atoms with Crippen molar-refractivity contribution in [3.05, 3.63) is 71.8 Å². The summed E-state index contributed by atoms with van der Waals surface area (Å²) in [5.41, 5.74) is 2.42. The minimum absolute atomic E-state index is 0.155. The highest BCUT2D eigenvalue weighted by Gasteiger charge is 2.42. The van der Waals surface area contributed by atoms with E-state index in [0.717, 1.165) is 16.8 Å². The Morgan fingerprint density at radius 1 is 1.04 bits per heavy atom. The fourth-order valence-electron chi connectivity index (χ4n) is 2.96. The van der Waals surface area contributed by atoms with Crippen LogP contribution in [0.2, 0.25) is 0 Å². The molecule has 0 spiro atoms. The molecular weight excluding hydrogens is 290 g/mol. The molecule has 0 saturated carbocycles. The van der Waals surface area contributed by atoms with Crippen LogP contribution in [0, 0.1) is 0 Å². The van der Waals surface area contributed by atoms with Crippen molar-refractivity contribution in [2.75, 3.05) is 0 Å². The number of carbonyl (C=O) groups is 1. The third-order valence-corrected chi connectivity index (χ3v) is 4.12. The van der Waals surface area contributed by atoms with Gasteiger partial charge in [0, 0.05) is 24.0 Å². The van der Waals surface area contributed by atoms with Gasteiger partial charge in [-0.3, -0.25) is 4.79 Å². The number of benzene rings is 2. The van der Waals surface area contributed by atoms with E-state index in [4.69, 9.17) is 9.94 Å². The molecule has 1 aliphatic rings. The quantitative estimate of drug-likeness (QED) is 0.878. The topological polar surface area (TPSA) is 58.9 Å². The van der Waals surface area contributed by atoms with E-state index in [1.54, 1.807) is 0 Å². The number of rotatable bonds is 6. The fourth-order valence-corrected chi connectivity index (χ4v) is 2.96. The Balaban J connectivity index is 1.84. The minimum atomic E-state index is -0.776. The third kappa shape index (κ3) is 3.26. The molecule has 2 aromatic rings. The molecule has 0 radical (unpaired) electrons. The van der Waals surface area contributed by atoms with Gasteiger partial charge in [0.2, 0.25) is 0 Å². The number of aliphatic carboxylic acids is 1. The van der Waals surface area contributed by atoms with Gasteiger partial charge in [0.1, 0.15) is 0 Å². The molecule has 2 aromatic carbocycles. The second-order valence-electron chi connectivity index (χ2n) is 5.73. The van der Waals surface area contributed by atoms with Gasteiger partial charge in [0.05, 0.1) is 5.71 Å². The predicted molar refractivity (Wildman–Crippen MR) is 88.3 cm³/mol. The van der Waals surface area contributed by atoms with E-state index < -0.39 is 11.6 Å². The Labute approximate surface area is 135 Å². The lowest BCUT2D eigenvalue weighted by Gasteiger charge is -2.27. The molecule has 4 heteroatoms. The smallest absolute Gasteiger partial charge is 0.303 e. The molecule has 0 unspecified atom stereocenters. The number of oxime groups is 1. The van der Waals surface area contributed by atoms with Crippen molar-refractivity contribution in [3.8, 4) is 0 Å². The molecule has 0 fully saturated rings. The Hall–Kier alpha value is -2.62. The normalized spacial score (nSPS) is 15.7. The molecule has 23 heavy (non-hydrogen) atoms. The molecule has 1 N–H and O–H groups in total. The van der Waals surface area contributed by atoms with E-state index >= 15 is 0 Å². The van der Waals surface area contributed by atoms with E-state index in [1.165, 1.54) is 0 Å². The molecule has 0 bridgehead atoms. The zero-order valence-electron chi connectivity index (χ0n) is 12.8. The van der Waals surface area contributed by atoms with Crippen LogP contribution in [0.5, 0.6) is 0 Å². The van der Waals surface area contributed by atoms with E-state index in [1.807, 2.05) is 60.7 Å². The summed E-state index contributed by atoms with van der Waals surface area (Å²) >= 11 is 0. The van der Waals surface area contributed by atoms with Crippen LogP contribution in [-0.2, 0) is 15.2 Å². The van der Waals surface area contributed by atoms with Crippen LogP contribution in [0.4, 0.5) is 0 Å². The van der Waals surface area contributed by atoms with Crippen LogP contribution in [-0.4, -0.2) is 16.8 Å². The van der Waals surface area contributed by atoms with Crippen molar-refractivity contribution in [1.29, 1.82) is 0 Å². The summed E-state index contributed by atoms with van der Waals surface area (Å²) in [6, 6.07) is 20.1. The van der Waals surface area contributed by atoms with Gasteiger partial charge in [0.15, 0.2) is 5.60 Å². The van der Waals surface area contributed by atoms with Crippen molar-refractivity contribution < 1.29 is 14.7 Å². The van der Waals surface area contributed by atoms with Gasteiger partial charge in [-0.15, -0.1) is 0 Å². The largest absolute Gasteiger partial charge is 0.481 e. The van der Waals surface area contributed by atoms with Gasteiger partial charge in [0.25, 0.3) is 0 Å². The summed E-state index contributed by atoms with van der Waals surface area (Å²) in [6.07, 6.45) is 2.04. The van der Waals surface area contributed by atoms with Gasteiger partial charge in [-0.25, -0.2) is 0 Å². The van der Waals surface area contributed by atoms with Crippen molar-refractivity contribution in [1.82, 2.24) is 0 Å². The average molecular weight is 309 g/mol. The second-order valence-corrected chi connectivity index (χ2v) is 5.73. The number of hydrogen-bond donors (Lipinski definition) is 1. The van der Waals surface area contributed by atoms with E-state index in [-0.39, 0.29) is 6.42 Å². The lowest BCUT2D eigenvalue weighted by atomic mass is 9.82. The monoisotopic (exact) mass is 309 g/mol.